The number of Topliss-reactive ketones (excluding diaryl/α,β-unsaturated/α-hetero) is 1. The van der Waals surface area contributed by atoms with Crippen molar-refractivity contribution in [3.63, 3.8) is 0 Å². The number of hydrogen-bond donors (Lipinski definition) is 0. The van der Waals surface area contributed by atoms with E-state index in [9.17, 15) is 4.79 Å². The van der Waals surface area contributed by atoms with Crippen molar-refractivity contribution >= 4 is 17.4 Å². The van der Waals surface area contributed by atoms with Crippen molar-refractivity contribution in [3.8, 4) is 0 Å². The predicted molar refractivity (Wildman–Crippen MR) is 72.8 cm³/mol. The molecule has 2 nitrogen and oxygen atoms in total. The first-order chi connectivity index (χ1) is 8.04. The zero-order valence-corrected chi connectivity index (χ0v) is 11.5. The SMILES string of the molecule is CCCN(CC(=O)c1cccc(Cl)c1)C(C)C. The van der Waals surface area contributed by atoms with Crippen molar-refractivity contribution in [2.24, 2.45) is 0 Å². The van der Waals surface area contributed by atoms with Crippen LogP contribution in [0.4, 0.5) is 0 Å². The minimum Gasteiger partial charge on any atom is -0.293 e. The van der Waals surface area contributed by atoms with Crippen LogP contribution in [0.1, 0.15) is 37.6 Å². The minimum absolute atomic E-state index is 0.134. The molecular weight excluding hydrogens is 234 g/mol. The van der Waals surface area contributed by atoms with E-state index in [1.807, 2.05) is 12.1 Å². The number of ketones is 1. The molecule has 0 fully saturated rings. The third-order valence-electron chi connectivity index (χ3n) is 2.73. The Morgan fingerprint density at radius 2 is 2.12 bits per heavy atom. The lowest BCUT2D eigenvalue weighted by Crippen LogP contribution is -2.36. The van der Waals surface area contributed by atoms with Gasteiger partial charge in [0.1, 0.15) is 0 Å². The van der Waals surface area contributed by atoms with Crippen LogP contribution in [-0.4, -0.2) is 29.8 Å². The Labute approximate surface area is 109 Å². The molecule has 0 heterocycles. The molecule has 0 unspecified atom stereocenters. The zero-order chi connectivity index (χ0) is 12.8. The van der Waals surface area contributed by atoms with Crippen LogP contribution >= 0.6 is 11.6 Å². The summed E-state index contributed by atoms with van der Waals surface area (Å²) in [6.07, 6.45) is 1.06. The van der Waals surface area contributed by atoms with E-state index in [-0.39, 0.29) is 5.78 Å². The Hall–Kier alpha value is -0.860. The van der Waals surface area contributed by atoms with Gasteiger partial charge in [0.2, 0.25) is 0 Å². The second-order valence-electron chi connectivity index (χ2n) is 4.50. The van der Waals surface area contributed by atoms with Crippen LogP contribution in [0.3, 0.4) is 0 Å². The Balaban J connectivity index is 2.70. The molecule has 0 radical (unpaired) electrons. The molecule has 0 aliphatic carbocycles. The summed E-state index contributed by atoms with van der Waals surface area (Å²) in [7, 11) is 0. The fraction of sp³-hybridized carbons (Fsp3) is 0.500. The highest BCUT2D eigenvalue weighted by Gasteiger charge is 2.14. The maximum Gasteiger partial charge on any atom is 0.176 e. The van der Waals surface area contributed by atoms with Crippen molar-refractivity contribution in [1.29, 1.82) is 0 Å². The van der Waals surface area contributed by atoms with Crippen LogP contribution in [0.25, 0.3) is 0 Å². The number of halogens is 1. The zero-order valence-electron chi connectivity index (χ0n) is 10.7. The third kappa shape index (κ3) is 4.49. The van der Waals surface area contributed by atoms with Gasteiger partial charge in [0, 0.05) is 16.6 Å². The third-order valence-corrected chi connectivity index (χ3v) is 2.97. The number of hydrogen-bond acceptors (Lipinski definition) is 2. The van der Waals surface area contributed by atoms with Crippen LogP contribution < -0.4 is 0 Å². The number of carbonyl (C=O) groups excluding carboxylic acids is 1. The van der Waals surface area contributed by atoms with Gasteiger partial charge in [-0.25, -0.2) is 0 Å². The summed E-state index contributed by atoms with van der Waals surface area (Å²) in [5.41, 5.74) is 0.694. The molecule has 0 atom stereocenters. The van der Waals surface area contributed by atoms with Gasteiger partial charge < -0.3 is 0 Å². The average molecular weight is 254 g/mol. The number of nitrogens with zero attached hydrogens (tertiary/aromatic N) is 1. The molecule has 0 bridgehead atoms. The molecule has 0 saturated carbocycles. The summed E-state index contributed by atoms with van der Waals surface area (Å²) >= 11 is 5.88. The monoisotopic (exact) mass is 253 g/mol. The average Bonchev–Trinajstić information content (AvgIpc) is 2.28. The first kappa shape index (κ1) is 14.2. The molecule has 0 amide bonds. The van der Waals surface area contributed by atoms with Crippen molar-refractivity contribution in [2.75, 3.05) is 13.1 Å². The van der Waals surface area contributed by atoms with Gasteiger partial charge in [-0.05, 0) is 38.9 Å². The largest absolute Gasteiger partial charge is 0.293 e. The molecule has 0 N–H and O–H groups in total. The van der Waals surface area contributed by atoms with E-state index in [1.165, 1.54) is 0 Å². The van der Waals surface area contributed by atoms with Crippen LogP contribution in [0, 0.1) is 0 Å². The van der Waals surface area contributed by atoms with E-state index in [2.05, 4.69) is 25.7 Å². The molecule has 1 aromatic carbocycles. The van der Waals surface area contributed by atoms with Crippen LogP contribution in [0.15, 0.2) is 24.3 Å². The lowest BCUT2D eigenvalue weighted by Gasteiger charge is -2.25. The highest BCUT2D eigenvalue weighted by Crippen LogP contribution is 2.12. The highest BCUT2D eigenvalue weighted by atomic mass is 35.5. The highest BCUT2D eigenvalue weighted by molar-refractivity contribution is 6.31. The fourth-order valence-electron chi connectivity index (χ4n) is 1.74. The molecule has 17 heavy (non-hydrogen) atoms. The van der Waals surface area contributed by atoms with E-state index in [0.717, 1.165) is 13.0 Å². The minimum atomic E-state index is 0.134. The molecule has 3 heteroatoms. The molecule has 0 saturated heterocycles. The van der Waals surface area contributed by atoms with Gasteiger partial charge in [-0.1, -0.05) is 30.7 Å². The standard InChI is InChI=1S/C14H20ClNO/c1-4-8-16(11(2)3)10-14(17)12-6-5-7-13(15)9-12/h5-7,9,11H,4,8,10H2,1-3H3. The predicted octanol–water partition coefficient (Wildman–Crippen LogP) is 3.64. The molecule has 94 valence electrons. The Morgan fingerprint density at radius 3 is 2.65 bits per heavy atom. The summed E-state index contributed by atoms with van der Waals surface area (Å²) in [5.74, 6) is 0.134. The van der Waals surface area contributed by atoms with Crippen LogP contribution in [0.2, 0.25) is 5.02 Å². The van der Waals surface area contributed by atoms with Gasteiger partial charge >= 0.3 is 0 Å². The van der Waals surface area contributed by atoms with E-state index in [4.69, 9.17) is 11.6 Å². The summed E-state index contributed by atoms with van der Waals surface area (Å²) < 4.78 is 0. The second kappa shape index (κ2) is 6.77. The van der Waals surface area contributed by atoms with E-state index in [1.54, 1.807) is 12.1 Å². The van der Waals surface area contributed by atoms with Gasteiger partial charge in [-0.3, -0.25) is 9.69 Å². The molecule has 1 rings (SSSR count). The van der Waals surface area contributed by atoms with Gasteiger partial charge in [-0.15, -0.1) is 0 Å². The quantitative estimate of drug-likeness (QED) is 0.722. The van der Waals surface area contributed by atoms with Crippen molar-refractivity contribution < 1.29 is 4.79 Å². The van der Waals surface area contributed by atoms with Crippen molar-refractivity contribution in [2.45, 2.75) is 33.2 Å². The summed E-state index contributed by atoms with van der Waals surface area (Å²) in [4.78, 5) is 14.3. The lowest BCUT2D eigenvalue weighted by atomic mass is 10.1. The van der Waals surface area contributed by atoms with E-state index >= 15 is 0 Å². The van der Waals surface area contributed by atoms with Crippen LogP contribution in [-0.2, 0) is 0 Å². The maximum atomic E-state index is 12.1. The maximum absolute atomic E-state index is 12.1. The Bertz CT molecular complexity index is 376. The topological polar surface area (TPSA) is 20.3 Å². The van der Waals surface area contributed by atoms with Crippen LogP contribution in [0.5, 0.6) is 0 Å². The molecular formula is C14H20ClNO. The molecule has 0 aliphatic rings. The first-order valence-electron chi connectivity index (χ1n) is 6.07. The Morgan fingerprint density at radius 1 is 1.41 bits per heavy atom. The van der Waals surface area contributed by atoms with Crippen molar-refractivity contribution in [1.82, 2.24) is 4.90 Å². The number of benzene rings is 1. The van der Waals surface area contributed by atoms with Gasteiger partial charge in [0.15, 0.2) is 5.78 Å². The summed E-state index contributed by atoms with van der Waals surface area (Å²) in [6, 6.07) is 7.53. The van der Waals surface area contributed by atoms with E-state index < -0.39 is 0 Å². The fourth-order valence-corrected chi connectivity index (χ4v) is 1.93. The summed E-state index contributed by atoms with van der Waals surface area (Å²) in [6.45, 7) is 7.76. The van der Waals surface area contributed by atoms with Gasteiger partial charge in [-0.2, -0.15) is 0 Å². The lowest BCUT2D eigenvalue weighted by molar-refractivity contribution is 0.0906. The van der Waals surface area contributed by atoms with Gasteiger partial charge in [0.05, 0.1) is 6.54 Å². The number of carbonyl (C=O) groups is 1. The Kier molecular flexibility index (Phi) is 5.66. The normalized spacial score (nSPS) is 11.2. The van der Waals surface area contributed by atoms with Gasteiger partial charge in [0.25, 0.3) is 0 Å². The molecule has 0 spiro atoms. The van der Waals surface area contributed by atoms with E-state index in [0.29, 0.717) is 23.2 Å². The first-order valence-corrected chi connectivity index (χ1v) is 6.45. The number of rotatable bonds is 6. The van der Waals surface area contributed by atoms with Crippen molar-refractivity contribution in [3.05, 3.63) is 34.9 Å². The summed E-state index contributed by atoms with van der Waals surface area (Å²) in [5, 5.41) is 0.613. The second-order valence-corrected chi connectivity index (χ2v) is 4.93. The molecule has 1 aromatic rings. The molecule has 0 aliphatic heterocycles. The smallest absolute Gasteiger partial charge is 0.176 e. The molecule has 0 aromatic heterocycles.